The van der Waals surface area contributed by atoms with Crippen LogP contribution in [0.5, 0.6) is 0 Å². The van der Waals surface area contributed by atoms with E-state index in [-0.39, 0.29) is 12.5 Å². The van der Waals surface area contributed by atoms with Gasteiger partial charge in [-0.15, -0.1) is 0 Å². The van der Waals surface area contributed by atoms with Crippen molar-refractivity contribution in [2.45, 2.75) is 43.9 Å². The van der Waals surface area contributed by atoms with E-state index >= 15 is 0 Å². The zero-order chi connectivity index (χ0) is 16.4. The maximum atomic E-state index is 13.2. The lowest BCUT2D eigenvalue weighted by Gasteiger charge is -2.30. The number of alkyl halides is 3. The highest BCUT2D eigenvalue weighted by atomic mass is 19.4. The van der Waals surface area contributed by atoms with Crippen LogP contribution in [0, 0.1) is 5.92 Å². The largest absolute Gasteiger partial charge is 0.424 e. The molecule has 1 aromatic heterocycles. The molecular formula is C14H20F3N3O2. The van der Waals surface area contributed by atoms with Crippen LogP contribution in [-0.4, -0.2) is 33.3 Å². The van der Waals surface area contributed by atoms with E-state index in [4.69, 9.17) is 0 Å². The number of aromatic nitrogens is 2. The van der Waals surface area contributed by atoms with E-state index in [1.807, 2.05) is 0 Å². The maximum absolute atomic E-state index is 13.2. The van der Waals surface area contributed by atoms with Gasteiger partial charge in [-0.25, -0.2) is 4.98 Å². The number of rotatable bonds is 6. The Kier molecular flexibility index (Phi) is 4.79. The molecule has 0 spiro atoms. The summed E-state index contributed by atoms with van der Waals surface area (Å²) in [6.07, 6.45) is 0.420. The summed E-state index contributed by atoms with van der Waals surface area (Å²) in [6, 6.07) is 0. The second-order valence-corrected chi connectivity index (χ2v) is 5.82. The summed E-state index contributed by atoms with van der Waals surface area (Å²) in [5.41, 5.74) is -3.07. The predicted molar refractivity (Wildman–Crippen MR) is 72.7 cm³/mol. The molecule has 2 N–H and O–H groups in total. The Balaban J connectivity index is 1.96. The van der Waals surface area contributed by atoms with Gasteiger partial charge in [-0.05, 0) is 18.8 Å². The fraction of sp³-hybridized carbons (Fsp3) is 0.714. The van der Waals surface area contributed by atoms with Gasteiger partial charge in [0.25, 0.3) is 0 Å². The Labute approximate surface area is 126 Å². The summed E-state index contributed by atoms with van der Waals surface area (Å²) in [7, 11) is 1.38. The van der Waals surface area contributed by atoms with Crippen molar-refractivity contribution in [3.8, 4) is 0 Å². The first-order chi connectivity index (χ1) is 10.2. The monoisotopic (exact) mass is 319 g/mol. The van der Waals surface area contributed by atoms with Gasteiger partial charge in [0, 0.05) is 38.8 Å². The topological polar surface area (TPSA) is 67.2 Å². The quantitative estimate of drug-likeness (QED) is 0.841. The molecule has 8 heteroatoms. The molecule has 1 atom stereocenters. The number of amides is 1. The average molecular weight is 319 g/mol. The van der Waals surface area contributed by atoms with Gasteiger partial charge in [0.05, 0.1) is 0 Å². The molecule has 0 saturated heterocycles. The Morgan fingerprint density at radius 2 is 2.18 bits per heavy atom. The lowest BCUT2D eigenvalue weighted by Crippen LogP contribution is -2.46. The molecule has 1 unspecified atom stereocenters. The molecule has 1 aliphatic carbocycles. The van der Waals surface area contributed by atoms with Crippen molar-refractivity contribution in [2.75, 3.05) is 6.54 Å². The number of hydrogen-bond acceptors (Lipinski definition) is 3. The lowest BCUT2D eigenvalue weighted by atomic mass is 9.83. The van der Waals surface area contributed by atoms with Crippen molar-refractivity contribution in [3.63, 3.8) is 0 Å². The highest BCUT2D eigenvalue weighted by Gasteiger charge is 2.57. The number of nitrogens with one attached hydrogen (secondary N) is 1. The van der Waals surface area contributed by atoms with Crippen LogP contribution in [0.4, 0.5) is 13.2 Å². The highest BCUT2D eigenvalue weighted by Crippen LogP contribution is 2.40. The van der Waals surface area contributed by atoms with Gasteiger partial charge < -0.3 is 15.0 Å². The van der Waals surface area contributed by atoms with Crippen LogP contribution in [0.15, 0.2) is 12.4 Å². The zero-order valence-corrected chi connectivity index (χ0v) is 12.4. The molecule has 1 aliphatic rings. The van der Waals surface area contributed by atoms with Gasteiger partial charge in [-0.3, -0.25) is 4.79 Å². The molecule has 0 aliphatic heterocycles. The fourth-order valence-corrected chi connectivity index (χ4v) is 2.56. The molecule has 0 radical (unpaired) electrons. The van der Waals surface area contributed by atoms with Gasteiger partial charge >= 0.3 is 6.18 Å². The zero-order valence-electron chi connectivity index (χ0n) is 12.4. The normalized spacial score (nSPS) is 18.6. The van der Waals surface area contributed by atoms with Gasteiger partial charge in [-0.2, -0.15) is 13.2 Å². The second-order valence-electron chi connectivity index (χ2n) is 5.82. The van der Waals surface area contributed by atoms with Crippen molar-refractivity contribution < 1.29 is 23.1 Å². The third kappa shape index (κ3) is 3.43. The minimum Gasteiger partial charge on any atom is -0.374 e. The molecule has 0 aromatic carbocycles. The Morgan fingerprint density at radius 3 is 2.64 bits per heavy atom. The molecule has 2 rings (SSSR count). The van der Waals surface area contributed by atoms with Crippen LogP contribution in [0.1, 0.15) is 37.9 Å². The van der Waals surface area contributed by atoms with Crippen LogP contribution >= 0.6 is 0 Å². The third-order valence-corrected chi connectivity index (χ3v) is 4.17. The number of carbonyl (C=O) groups is 1. The van der Waals surface area contributed by atoms with Crippen LogP contribution in [0.25, 0.3) is 0 Å². The lowest BCUT2D eigenvalue weighted by molar-refractivity contribution is -0.272. The Bertz CT molecular complexity index is 526. The first-order valence-corrected chi connectivity index (χ1v) is 7.27. The second kappa shape index (κ2) is 6.28. The summed E-state index contributed by atoms with van der Waals surface area (Å²) in [5.74, 6) is -0.404. The number of nitrogens with zero attached hydrogens (tertiary/aromatic N) is 2. The van der Waals surface area contributed by atoms with Crippen molar-refractivity contribution in [1.82, 2.24) is 14.9 Å². The van der Waals surface area contributed by atoms with Crippen LogP contribution in [0.2, 0.25) is 0 Å². The predicted octanol–water partition coefficient (Wildman–Crippen LogP) is 1.87. The summed E-state index contributed by atoms with van der Waals surface area (Å²) in [4.78, 5) is 15.2. The highest BCUT2D eigenvalue weighted by molar-refractivity contribution is 5.76. The number of imidazole rings is 1. The molecule has 0 bridgehead atoms. The molecule has 22 heavy (non-hydrogen) atoms. The molecule has 1 fully saturated rings. The van der Waals surface area contributed by atoms with Crippen LogP contribution < -0.4 is 5.32 Å². The van der Waals surface area contributed by atoms with Gasteiger partial charge in [0.2, 0.25) is 11.5 Å². The smallest absolute Gasteiger partial charge is 0.374 e. The summed E-state index contributed by atoms with van der Waals surface area (Å²) < 4.78 is 40.8. The van der Waals surface area contributed by atoms with Crippen LogP contribution in [0.3, 0.4) is 0 Å². The average Bonchev–Trinajstić information content (AvgIpc) is 2.79. The number of aliphatic hydroxyl groups is 1. The summed E-state index contributed by atoms with van der Waals surface area (Å²) >= 11 is 0. The van der Waals surface area contributed by atoms with Gasteiger partial charge in [0.1, 0.15) is 5.82 Å². The van der Waals surface area contributed by atoms with E-state index < -0.39 is 24.0 Å². The van der Waals surface area contributed by atoms with Crippen molar-refractivity contribution in [3.05, 3.63) is 18.2 Å². The van der Waals surface area contributed by atoms with E-state index in [9.17, 15) is 23.1 Å². The van der Waals surface area contributed by atoms with Crippen molar-refractivity contribution >= 4 is 5.91 Å². The molecule has 5 nitrogen and oxygen atoms in total. The summed E-state index contributed by atoms with van der Waals surface area (Å²) in [5, 5.41) is 12.5. The maximum Gasteiger partial charge on any atom is 0.424 e. The Hall–Kier alpha value is -1.57. The number of aryl methyl sites for hydroxylation is 1. The minimum atomic E-state index is -4.87. The molecule has 124 valence electrons. The van der Waals surface area contributed by atoms with Gasteiger partial charge in [0.15, 0.2) is 0 Å². The number of hydrogen-bond donors (Lipinski definition) is 2. The first-order valence-electron chi connectivity index (χ1n) is 7.27. The van der Waals surface area contributed by atoms with Crippen LogP contribution in [-0.2, 0) is 17.4 Å². The minimum absolute atomic E-state index is 0.256. The molecule has 1 heterocycles. The van der Waals surface area contributed by atoms with Crippen molar-refractivity contribution in [2.24, 2.45) is 13.0 Å². The van der Waals surface area contributed by atoms with Crippen molar-refractivity contribution in [1.29, 1.82) is 0 Å². The Morgan fingerprint density at radius 1 is 1.50 bits per heavy atom. The molecule has 1 saturated carbocycles. The van der Waals surface area contributed by atoms with Gasteiger partial charge in [-0.1, -0.05) is 6.42 Å². The molecule has 1 amide bonds. The number of carbonyl (C=O) groups excluding carboxylic acids is 1. The van der Waals surface area contributed by atoms with E-state index in [0.29, 0.717) is 12.3 Å². The fourth-order valence-electron chi connectivity index (χ4n) is 2.56. The van der Waals surface area contributed by atoms with E-state index in [1.54, 1.807) is 0 Å². The van der Waals surface area contributed by atoms with E-state index in [2.05, 4.69) is 10.3 Å². The molecular weight excluding hydrogens is 299 g/mol. The first kappa shape index (κ1) is 16.8. The summed E-state index contributed by atoms with van der Waals surface area (Å²) in [6.45, 7) is -0.256. The third-order valence-electron chi connectivity index (χ3n) is 4.17. The number of halogens is 3. The van der Waals surface area contributed by atoms with E-state index in [1.165, 1.54) is 19.4 Å². The molecule has 1 aromatic rings. The SMILES string of the molecule is Cn1ccnc1C(O)(CCNC(=O)CC1CCC1)C(F)(F)F. The van der Waals surface area contributed by atoms with E-state index in [0.717, 1.165) is 23.8 Å². The standard InChI is InChI=1S/C14H20F3N3O2/c1-20-8-7-19-12(20)13(22,14(15,16)17)5-6-18-11(21)9-10-3-2-4-10/h7-8,10,22H,2-6,9H2,1H3,(H,18,21).